The average molecular weight is 312 g/mol. The molecule has 0 unspecified atom stereocenters. The quantitative estimate of drug-likeness (QED) is 0.941. The van der Waals surface area contributed by atoms with Crippen LogP contribution in [0, 0.1) is 0 Å². The van der Waals surface area contributed by atoms with Gasteiger partial charge < -0.3 is 15.0 Å². The minimum Gasteiger partial charge on any atom is -0.487 e. The van der Waals surface area contributed by atoms with E-state index in [-0.39, 0.29) is 18.2 Å². The van der Waals surface area contributed by atoms with Crippen LogP contribution in [0.3, 0.4) is 0 Å². The maximum atomic E-state index is 12.4. The van der Waals surface area contributed by atoms with E-state index in [0.29, 0.717) is 13.1 Å². The summed E-state index contributed by atoms with van der Waals surface area (Å²) in [5.41, 5.74) is 0.989. The number of carbonyl (C=O) groups excluding carboxylic acids is 1. The highest BCUT2D eigenvalue weighted by Crippen LogP contribution is 2.18. The second-order valence-electron chi connectivity index (χ2n) is 5.62. The van der Waals surface area contributed by atoms with Crippen molar-refractivity contribution in [1.82, 2.24) is 20.2 Å². The van der Waals surface area contributed by atoms with Gasteiger partial charge in [-0.2, -0.15) is 0 Å². The Morgan fingerprint density at radius 1 is 1.30 bits per heavy atom. The molecule has 0 bridgehead atoms. The lowest BCUT2D eigenvalue weighted by Crippen LogP contribution is -2.40. The highest BCUT2D eigenvalue weighted by Gasteiger charge is 2.28. The Kier molecular flexibility index (Phi) is 4.71. The fraction of sp³-hybridized carbons (Fsp3) is 0.353. The lowest BCUT2D eigenvalue weighted by Gasteiger charge is -2.21. The third kappa shape index (κ3) is 3.97. The molecule has 2 aromatic heterocycles. The first-order chi connectivity index (χ1) is 11.2. The minimum atomic E-state index is -0.0745. The molecule has 120 valence electrons. The van der Waals surface area contributed by atoms with E-state index in [1.807, 2.05) is 31.2 Å². The average Bonchev–Trinajstić information content (AvgIpc) is 3.05. The Labute approximate surface area is 135 Å². The van der Waals surface area contributed by atoms with Crippen LogP contribution in [0.1, 0.15) is 24.9 Å². The molecule has 1 saturated heterocycles. The topological polar surface area (TPSA) is 67.4 Å². The van der Waals surface area contributed by atoms with Gasteiger partial charge in [-0.05, 0) is 30.7 Å². The number of nitrogens with zero attached hydrogens (tertiary/aromatic N) is 3. The first-order valence-electron chi connectivity index (χ1n) is 7.74. The van der Waals surface area contributed by atoms with Crippen molar-refractivity contribution in [2.45, 2.75) is 25.5 Å². The summed E-state index contributed by atoms with van der Waals surface area (Å²) < 4.78 is 5.85. The molecule has 0 saturated carbocycles. The third-order valence-corrected chi connectivity index (χ3v) is 3.89. The van der Waals surface area contributed by atoms with Gasteiger partial charge in [-0.1, -0.05) is 6.07 Å². The number of carbonyl (C=O) groups is 1. The SMILES string of the molecule is C[C@H](NC(=O)N1CC[C@@H](Oc2cccnc2)C1)c1cccnc1. The van der Waals surface area contributed by atoms with E-state index in [1.54, 1.807) is 29.7 Å². The fourth-order valence-corrected chi connectivity index (χ4v) is 2.61. The number of urea groups is 1. The zero-order valence-corrected chi connectivity index (χ0v) is 13.1. The van der Waals surface area contributed by atoms with Crippen molar-refractivity contribution in [1.29, 1.82) is 0 Å². The first-order valence-corrected chi connectivity index (χ1v) is 7.74. The maximum Gasteiger partial charge on any atom is 0.318 e. The molecule has 6 nitrogen and oxygen atoms in total. The molecular formula is C17H20N4O2. The molecule has 2 amide bonds. The number of nitrogens with one attached hydrogen (secondary N) is 1. The van der Waals surface area contributed by atoms with Gasteiger partial charge in [0.25, 0.3) is 0 Å². The molecule has 0 radical (unpaired) electrons. The van der Waals surface area contributed by atoms with Crippen LogP contribution in [0.5, 0.6) is 5.75 Å². The van der Waals surface area contributed by atoms with Gasteiger partial charge in [0.05, 0.1) is 18.8 Å². The Morgan fingerprint density at radius 3 is 2.78 bits per heavy atom. The van der Waals surface area contributed by atoms with Crippen LogP contribution in [0.15, 0.2) is 49.1 Å². The minimum absolute atomic E-state index is 0.0126. The highest BCUT2D eigenvalue weighted by atomic mass is 16.5. The van der Waals surface area contributed by atoms with E-state index < -0.39 is 0 Å². The smallest absolute Gasteiger partial charge is 0.318 e. The Bertz CT molecular complexity index is 636. The van der Waals surface area contributed by atoms with E-state index in [0.717, 1.165) is 17.7 Å². The normalized spacial score (nSPS) is 18.5. The molecule has 2 atom stereocenters. The van der Waals surface area contributed by atoms with Crippen molar-refractivity contribution >= 4 is 6.03 Å². The van der Waals surface area contributed by atoms with Gasteiger partial charge in [-0.25, -0.2) is 4.79 Å². The zero-order chi connectivity index (χ0) is 16.1. The van der Waals surface area contributed by atoms with E-state index in [4.69, 9.17) is 4.74 Å². The summed E-state index contributed by atoms with van der Waals surface area (Å²) in [5.74, 6) is 0.739. The summed E-state index contributed by atoms with van der Waals surface area (Å²) in [4.78, 5) is 22.2. The molecule has 6 heteroatoms. The number of rotatable bonds is 4. The van der Waals surface area contributed by atoms with Crippen molar-refractivity contribution in [3.63, 3.8) is 0 Å². The largest absolute Gasteiger partial charge is 0.487 e. The van der Waals surface area contributed by atoms with Gasteiger partial charge in [0.1, 0.15) is 11.9 Å². The van der Waals surface area contributed by atoms with Crippen LogP contribution in [0.25, 0.3) is 0 Å². The number of pyridine rings is 2. The molecule has 2 aromatic rings. The molecule has 3 heterocycles. The Hall–Kier alpha value is -2.63. The molecule has 1 aliphatic rings. The number of hydrogen-bond acceptors (Lipinski definition) is 4. The van der Waals surface area contributed by atoms with Crippen LogP contribution in [-0.2, 0) is 0 Å². The molecule has 0 spiro atoms. The number of amides is 2. The van der Waals surface area contributed by atoms with Gasteiger partial charge in [-0.15, -0.1) is 0 Å². The summed E-state index contributed by atoms with van der Waals surface area (Å²) in [6.07, 6.45) is 7.72. The van der Waals surface area contributed by atoms with E-state index in [9.17, 15) is 4.79 Å². The van der Waals surface area contributed by atoms with E-state index in [2.05, 4.69) is 15.3 Å². The molecule has 0 aromatic carbocycles. The van der Waals surface area contributed by atoms with Gasteiger partial charge in [-0.3, -0.25) is 9.97 Å². The fourth-order valence-electron chi connectivity index (χ4n) is 2.61. The maximum absolute atomic E-state index is 12.4. The van der Waals surface area contributed by atoms with Crippen molar-refractivity contribution in [2.75, 3.05) is 13.1 Å². The summed E-state index contributed by atoms with van der Waals surface area (Å²) >= 11 is 0. The Balaban J connectivity index is 1.51. The Morgan fingerprint density at radius 2 is 2.09 bits per heavy atom. The lowest BCUT2D eigenvalue weighted by atomic mass is 10.1. The molecule has 1 aliphatic heterocycles. The monoisotopic (exact) mass is 312 g/mol. The molecule has 1 N–H and O–H groups in total. The third-order valence-electron chi connectivity index (χ3n) is 3.89. The van der Waals surface area contributed by atoms with Crippen LogP contribution in [0.2, 0.25) is 0 Å². The molecule has 23 heavy (non-hydrogen) atoms. The number of ether oxygens (including phenoxy) is 1. The van der Waals surface area contributed by atoms with Gasteiger partial charge in [0.2, 0.25) is 0 Å². The van der Waals surface area contributed by atoms with Gasteiger partial charge in [0, 0.05) is 31.6 Å². The lowest BCUT2D eigenvalue weighted by molar-refractivity contribution is 0.184. The summed E-state index contributed by atoms with van der Waals surface area (Å²) in [6, 6.07) is 7.39. The predicted molar refractivity (Wildman–Crippen MR) is 86.0 cm³/mol. The van der Waals surface area contributed by atoms with Crippen molar-refractivity contribution in [2.24, 2.45) is 0 Å². The van der Waals surface area contributed by atoms with E-state index in [1.165, 1.54) is 0 Å². The number of aromatic nitrogens is 2. The van der Waals surface area contributed by atoms with Crippen molar-refractivity contribution < 1.29 is 9.53 Å². The van der Waals surface area contributed by atoms with Crippen LogP contribution < -0.4 is 10.1 Å². The van der Waals surface area contributed by atoms with Gasteiger partial charge in [0.15, 0.2) is 0 Å². The van der Waals surface area contributed by atoms with Crippen LogP contribution >= 0.6 is 0 Å². The van der Waals surface area contributed by atoms with Crippen LogP contribution in [0.4, 0.5) is 4.79 Å². The second kappa shape index (κ2) is 7.09. The van der Waals surface area contributed by atoms with E-state index >= 15 is 0 Å². The second-order valence-corrected chi connectivity index (χ2v) is 5.62. The molecule has 3 rings (SSSR count). The van der Waals surface area contributed by atoms with Crippen molar-refractivity contribution in [3.8, 4) is 5.75 Å². The summed E-state index contributed by atoms with van der Waals surface area (Å²) in [5, 5.41) is 3.00. The first kappa shape index (κ1) is 15.3. The van der Waals surface area contributed by atoms with Gasteiger partial charge >= 0.3 is 6.03 Å². The predicted octanol–water partition coefficient (Wildman–Crippen LogP) is 2.40. The number of hydrogen-bond donors (Lipinski definition) is 1. The summed E-state index contributed by atoms with van der Waals surface area (Å²) in [6.45, 7) is 3.23. The molecular weight excluding hydrogens is 292 g/mol. The standard InChI is InChI=1S/C17H20N4O2/c1-13(14-4-2-7-18-10-14)20-17(22)21-9-6-16(12-21)23-15-5-3-8-19-11-15/h2-5,7-8,10-11,13,16H,6,9,12H2,1H3,(H,20,22)/t13-,16+/m0/s1. The van der Waals surface area contributed by atoms with Crippen LogP contribution in [-0.4, -0.2) is 40.1 Å². The zero-order valence-electron chi connectivity index (χ0n) is 13.1. The number of likely N-dealkylation sites (tertiary alicyclic amines) is 1. The molecule has 0 aliphatic carbocycles. The molecule has 1 fully saturated rings. The highest BCUT2D eigenvalue weighted by molar-refractivity contribution is 5.75. The van der Waals surface area contributed by atoms with Crippen molar-refractivity contribution in [3.05, 3.63) is 54.6 Å². The summed E-state index contributed by atoms with van der Waals surface area (Å²) in [7, 11) is 0.